The molecule has 0 aromatic heterocycles. The number of rotatable bonds is 5. The van der Waals surface area contributed by atoms with Gasteiger partial charge in [0.05, 0.1) is 25.4 Å². The number of ether oxygens (including phenoxy) is 2. The van der Waals surface area contributed by atoms with Gasteiger partial charge in [-0.25, -0.2) is 0 Å². The van der Waals surface area contributed by atoms with E-state index in [0.717, 1.165) is 19.1 Å². The van der Waals surface area contributed by atoms with E-state index in [9.17, 15) is 0 Å². The minimum atomic E-state index is 0.472. The van der Waals surface area contributed by atoms with Crippen LogP contribution in [0.1, 0.15) is 59.3 Å². The van der Waals surface area contributed by atoms with Gasteiger partial charge in [-0.05, 0) is 49.9 Å². The molecule has 2 aliphatic rings. The molecule has 2 heteroatoms. The van der Waals surface area contributed by atoms with Gasteiger partial charge in [-0.1, -0.05) is 20.8 Å². The van der Waals surface area contributed by atoms with Crippen LogP contribution < -0.4 is 0 Å². The van der Waals surface area contributed by atoms with Crippen LogP contribution >= 0.6 is 0 Å². The van der Waals surface area contributed by atoms with Gasteiger partial charge in [0.15, 0.2) is 0 Å². The van der Waals surface area contributed by atoms with Crippen molar-refractivity contribution in [2.45, 2.75) is 71.5 Å². The molecule has 2 saturated carbocycles. The third-order valence-corrected chi connectivity index (χ3v) is 4.21. The molecule has 0 aliphatic heterocycles. The minimum absolute atomic E-state index is 0.472. The van der Waals surface area contributed by atoms with Crippen molar-refractivity contribution in [2.75, 3.05) is 13.2 Å². The third-order valence-electron chi connectivity index (χ3n) is 4.21. The zero-order chi connectivity index (χ0) is 12.3. The Balaban J connectivity index is 1.55. The first kappa shape index (κ1) is 13.4. The lowest BCUT2D eigenvalue weighted by Gasteiger charge is -2.36. The molecule has 0 N–H and O–H groups in total. The summed E-state index contributed by atoms with van der Waals surface area (Å²) in [7, 11) is 0. The van der Waals surface area contributed by atoms with Gasteiger partial charge < -0.3 is 9.47 Å². The molecule has 2 nitrogen and oxygen atoms in total. The van der Waals surface area contributed by atoms with Crippen LogP contribution in [0.25, 0.3) is 0 Å². The molecule has 0 bridgehead atoms. The zero-order valence-electron chi connectivity index (χ0n) is 11.7. The smallest absolute Gasteiger partial charge is 0.0704 e. The van der Waals surface area contributed by atoms with Crippen molar-refractivity contribution < 1.29 is 9.47 Å². The summed E-state index contributed by atoms with van der Waals surface area (Å²) in [4.78, 5) is 0. The first-order valence-electron chi connectivity index (χ1n) is 7.29. The van der Waals surface area contributed by atoms with E-state index < -0.39 is 0 Å². The average Bonchev–Trinajstić information content (AvgIpc) is 3.08. The van der Waals surface area contributed by atoms with Crippen LogP contribution in [0.3, 0.4) is 0 Å². The maximum absolute atomic E-state index is 5.90. The van der Waals surface area contributed by atoms with Gasteiger partial charge in [0.25, 0.3) is 0 Å². The summed E-state index contributed by atoms with van der Waals surface area (Å²) in [6, 6.07) is 0. The Bertz CT molecular complexity index is 220. The monoisotopic (exact) mass is 240 g/mol. The number of hydrogen-bond acceptors (Lipinski definition) is 2. The standard InChI is InChI=1S/C15H28O2/c1-15(2,3)12-4-6-13(7-5-12)16-10-11-17-14-8-9-14/h12-14H,4-11H2,1-3H3. The molecule has 0 radical (unpaired) electrons. The fraction of sp³-hybridized carbons (Fsp3) is 1.00. The van der Waals surface area contributed by atoms with Gasteiger partial charge in [0, 0.05) is 0 Å². The van der Waals surface area contributed by atoms with E-state index in [1.807, 2.05) is 0 Å². The Kier molecular flexibility index (Phi) is 4.48. The summed E-state index contributed by atoms with van der Waals surface area (Å²) in [6.07, 6.45) is 8.73. The predicted molar refractivity (Wildman–Crippen MR) is 70.1 cm³/mol. The molecule has 0 heterocycles. The van der Waals surface area contributed by atoms with Crippen LogP contribution in [0.5, 0.6) is 0 Å². The molecule has 0 saturated heterocycles. The van der Waals surface area contributed by atoms with Crippen molar-refractivity contribution in [3.63, 3.8) is 0 Å². The van der Waals surface area contributed by atoms with Gasteiger partial charge in [-0.2, -0.15) is 0 Å². The molecular weight excluding hydrogens is 212 g/mol. The van der Waals surface area contributed by atoms with E-state index in [1.54, 1.807) is 0 Å². The normalized spacial score (nSPS) is 30.5. The second-order valence-electron chi connectivity index (χ2n) is 6.78. The molecule has 0 amide bonds. The minimum Gasteiger partial charge on any atom is -0.376 e. The van der Waals surface area contributed by atoms with E-state index in [2.05, 4.69) is 20.8 Å². The van der Waals surface area contributed by atoms with Crippen molar-refractivity contribution in [3.8, 4) is 0 Å². The molecule has 2 aliphatic carbocycles. The SMILES string of the molecule is CC(C)(C)C1CCC(OCCOC2CC2)CC1. The highest BCUT2D eigenvalue weighted by atomic mass is 16.5. The van der Waals surface area contributed by atoms with Crippen molar-refractivity contribution in [1.29, 1.82) is 0 Å². The highest BCUT2D eigenvalue weighted by Crippen LogP contribution is 2.38. The van der Waals surface area contributed by atoms with E-state index in [0.29, 0.717) is 17.6 Å². The average molecular weight is 240 g/mol. The molecule has 0 spiro atoms. The lowest BCUT2D eigenvalue weighted by atomic mass is 9.72. The Labute approximate surface area is 106 Å². The third kappa shape index (κ3) is 4.59. The molecular formula is C15H28O2. The first-order chi connectivity index (χ1) is 8.05. The van der Waals surface area contributed by atoms with E-state index in [-0.39, 0.29) is 0 Å². The van der Waals surface area contributed by atoms with Crippen molar-refractivity contribution in [1.82, 2.24) is 0 Å². The zero-order valence-corrected chi connectivity index (χ0v) is 11.7. The molecule has 0 aromatic rings. The van der Waals surface area contributed by atoms with E-state index in [4.69, 9.17) is 9.47 Å². The van der Waals surface area contributed by atoms with Gasteiger partial charge in [0.1, 0.15) is 0 Å². The highest BCUT2D eigenvalue weighted by Gasteiger charge is 2.30. The van der Waals surface area contributed by atoms with Crippen LogP contribution in [0.15, 0.2) is 0 Å². The van der Waals surface area contributed by atoms with Crippen LogP contribution in [-0.2, 0) is 9.47 Å². The fourth-order valence-electron chi connectivity index (χ4n) is 2.76. The first-order valence-corrected chi connectivity index (χ1v) is 7.29. The van der Waals surface area contributed by atoms with Gasteiger partial charge in [0.2, 0.25) is 0 Å². The summed E-state index contributed by atoms with van der Waals surface area (Å²) < 4.78 is 11.5. The van der Waals surface area contributed by atoms with Crippen LogP contribution in [0.2, 0.25) is 0 Å². The second-order valence-corrected chi connectivity index (χ2v) is 6.78. The second kappa shape index (κ2) is 5.71. The maximum Gasteiger partial charge on any atom is 0.0704 e. The Hall–Kier alpha value is -0.0800. The predicted octanol–water partition coefficient (Wildman–Crippen LogP) is 3.79. The van der Waals surface area contributed by atoms with Crippen molar-refractivity contribution >= 4 is 0 Å². The lowest BCUT2D eigenvalue weighted by Crippen LogP contribution is -2.29. The Morgan fingerprint density at radius 1 is 0.765 bits per heavy atom. The molecule has 0 unspecified atom stereocenters. The Morgan fingerprint density at radius 3 is 1.53 bits per heavy atom. The maximum atomic E-state index is 5.90. The number of hydrogen-bond donors (Lipinski definition) is 0. The van der Waals surface area contributed by atoms with Crippen molar-refractivity contribution in [2.24, 2.45) is 11.3 Å². The molecule has 2 rings (SSSR count). The van der Waals surface area contributed by atoms with Gasteiger partial charge in [-0.15, -0.1) is 0 Å². The van der Waals surface area contributed by atoms with Crippen LogP contribution in [0, 0.1) is 11.3 Å². The Morgan fingerprint density at radius 2 is 1.18 bits per heavy atom. The summed E-state index contributed by atoms with van der Waals surface area (Å²) in [5.74, 6) is 0.880. The topological polar surface area (TPSA) is 18.5 Å². The summed E-state index contributed by atoms with van der Waals surface area (Å²) in [6.45, 7) is 8.68. The molecule has 0 atom stereocenters. The fourth-order valence-corrected chi connectivity index (χ4v) is 2.76. The van der Waals surface area contributed by atoms with E-state index >= 15 is 0 Å². The summed E-state index contributed by atoms with van der Waals surface area (Å²) in [5, 5.41) is 0. The van der Waals surface area contributed by atoms with Crippen LogP contribution in [0.4, 0.5) is 0 Å². The molecule has 0 aromatic carbocycles. The summed E-state index contributed by atoms with van der Waals surface area (Å²) in [5.41, 5.74) is 0.472. The molecule has 17 heavy (non-hydrogen) atoms. The molecule has 100 valence electrons. The summed E-state index contributed by atoms with van der Waals surface area (Å²) >= 11 is 0. The van der Waals surface area contributed by atoms with Crippen LogP contribution in [-0.4, -0.2) is 25.4 Å². The quantitative estimate of drug-likeness (QED) is 0.681. The van der Waals surface area contributed by atoms with Gasteiger partial charge >= 0.3 is 0 Å². The van der Waals surface area contributed by atoms with Crippen molar-refractivity contribution in [3.05, 3.63) is 0 Å². The van der Waals surface area contributed by atoms with E-state index in [1.165, 1.54) is 38.5 Å². The van der Waals surface area contributed by atoms with Gasteiger partial charge in [-0.3, -0.25) is 0 Å². The largest absolute Gasteiger partial charge is 0.376 e. The lowest BCUT2D eigenvalue weighted by molar-refractivity contribution is -0.0274. The highest BCUT2D eigenvalue weighted by molar-refractivity contribution is 4.80. The molecule has 2 fully saturated rings.